The van der Waals surface area contributed by atoms with Gasteiger partial charge in [-0.2, -0.15) is 0 Å². The van der Waals surface area contributed by atoms with E-state index in [2.05, 4.69) is 5.32 Å². The number of aromatic nitrogens is 1. The second-order valence-electron chi connectivity index (χ2n) is 8.16. The van der Waals surface area contributed by atoms with Crippen molar-refractivity contribution in [3.05, 3.63) is 71.2 Å². The van der Waals surface area contributed by atoms with Crippen molar-refractivity contribution in [2.24, 2.45) is 0 Å². The Morgan fingerprint density at radius 1 is 1.10 bits per heavy atom. The lowest BCUT2D eigenvalue weighted by Gasteiger charge is -2.26. The molecule has 31 heavy (non-hydrogen) atoms. The molecule has 6 heteroatoms. The van der Waals surface area contributed by atoms with Crippen molar-refractivity contribution in [3.63, 3.8) is 0 Å². The lowest BCUT2D eigenvalue weighted by Crippen LogP contribution is -2.43. The van der Waals surface area contributed by atoms with Gasteiger partial charge in [-0.3, -0.25) is 9.59 Å². The largest absolute Gasteiger partial charge is 0.346 e. The summed E-state index contributed by atoms with van der Waals surface area (Å²) in [4.78, 5) is 24.8. The number of hydrogen-bond donors (Lipinski definition) is 1. The Morgan fingerprint density at radius 3 is 2.55 bits per heavy atom. The van der Waals surface area contributed by atoms with Gasteiger partial charge in [0.1, 0.15) is 12.0 Å². The Kier molecular flexibility index (Phi) is 6.16. The Morgan fingerprint density at radius 2 is 1.84 bits per heavy atom. The molecule has 0 spiro atoms. The number of ketones is 1. The van der Waals surface area contributed by atoms with Crippen LogP contribution < -0.4 is 5.32 Å². The first-order valence-corrected chi connectivity index (χ1v) is 10.8. The van der Waals surface area contributed by atoms with Gasteiger partial charge in [0, 0.05) is 30.1 Å². The fourth-order valence-corrected chi connectivity index (χ4v) is 4.30. The fourth-order valence-electron chi connectivity index (χ4n) is 4.30. The quantitative estimate of drug-likeness (QED) is 0.536. The number of amides is 1. The summed E-state index contributed by atoms with van der Waals surface area (Å²) in [5, 5.41) is 3.02. The third-order valence-corrected chi connectivity index (χ3v) is 6.05. The van der Waals surface area contributed by atoms with Gasteiger partial charge in [-0.1, -0.05) is 50.1 Å². The maximum absolute atomic E-state index is 14.7. The number of carbonyl (C=O) groups excluding carboxylic acids is 2. The van der Waals surface area contributed by atoms with Crippen LogP contribution in [0.15, 0.2) is 48.7 Å². The first kappa shape index (κ1) is 21.2. The summed E-state index contributed by atoms with van der Waals surface area (Å²) in [7, 11) is 0. The van der Waals surface area contributed by atoms with Crippen molar-refractivity contribution in [1.29, 1.82) is 0 Å². The monoisotopic (exact) mass is 424 g/mol. The Labute approximate surface area is 180 Å². The van der Waals surface area contributed by atoms with Gasteiger partial charge in [0.15, 0.2) is 5.78 Å². The van der Waals surface area contributed by atoms with Gasteiger partial charge in [-0.25, -0.2) is 8.78 Å². The van der Waals surface area contributed by atoms with Crippen LogP contribution in [-0.2, 0) is 6.54 Å². The van der Waals surface area contributed by atoms with Gasteiger partial charge in [0.05, 0.1) is 17.1 Å². The van der Waals surface area contributed by atoms with Crippen molar-refractivity contribution in [2.75, 3.05) is 0 Å². The number of nitrogens with zero attached hydrogens (tertiary/aromatic N) is 1. The normalized spacial score (nSPS) is 18.8. The van der Waals surface area contributed by atoms with Crippen LogP contribution in [0.3, 0.4) is 0 Å². The maximum Gasteiger partial charge on any atom is 0.253 e. The number of halogens is 2. The van der Waals surface area contributed by atoms with Crippen LogP contribution in [0.4, 0.5) is 8.78 Å². The lowest BCUT2D eigenvalue weighted by molar-refractivity contribution is 0.0884. The Hall–Kier alpha value is -3.02. The molecule has 1 aromatic heterocycles. The summed E-state index contributed by atoms with van der Waals surface area (Å²) < 4.78 is 30.7. The van der Waals surface area contributed by atoms with Crippen molar-refractivity contribution in [3.8, 4) is 0 Å². The molecular weight excluding hydrogens is 398 g/mol. The molecule has 0 saturated heterocycles. The van der Waals surface area contributed by atoms with Gasteiger partial charge in [-0.15, -0.1) is 0 Å². The predicted molar refractivity (Wildman–Crippen MR) is 117 cm³/mol. The molecule has 2 unspecified atom stereocenters. The zero-order chi connectivity index (χ0) is 22.0. The molecule has 4 rings (SSSR count). The molecule has 1 N–H and O–H groups in total. The zero-order valence-electron chi connectivity index (χ0n) is 17.5. The van der Waals surface area contributed by atoms with Crippen LogP contribution in [0, 0.1) is 5.82 Å². The van der Waals surface area contributed by atoms with E-state index in [0.717, 1.165) is 18.4 Å². The number of Topliss-reactive ketones (excluding diaryl/α,β-unsaturated/α-hetero) is 1. The molecule has 1 saturated carbocycles. The molecule has 4 nitrogen and oxygen atoms in total. The van der Waals surface area contributed by atoms with Crippen LogP contribution in [0.2, 0.25) is 0 Å². The third-order valence-electron chi connectivity index (χ3n) is 6.05. The summed E-state index contributed by atoms with van der Waals surface area (Å²) in [5.74, 6) is -0.856. The molecule has 0 aliphatic heterocycles. The number of rotatable bonds is 6. The third kappa shape index (κ3) is 4.38. The number of hydrogen-bond acceptors (Lipinski definition) is 2. The van der Waals surface area contributed by atoms with E-state index in [1.807, 2.05) is 23.6 Å². The van der Waals surface area contributed by atoms with E-state index in [1.54, 1.807) is 30.5 Å². The molecule has 1 amide bonds. The highest BCUT2D eigenvalue weighted by Gasteiger charge is 2.28. The van der Waals surface area contributed by atoms with Gasteiger partial charge in [0.2, 0.25) is 0 Å². The summed E-state index contributed by atoms with van der Waals surface area (Å²) in [6.45, 7) is 2.24. The number of alkyl halides is 1. The van der Waals surface area contributed by atoms with Crippen LogP contribution in [0.25, 0.3) is 10.9 Å². The highest BCUT2D eigenvalue weighted by Crippen LogP contribution is 2.27. The standard InChI is InChI=1S/C25H26F2N2O2/c1-2-23(30)17-12-10-16(11-13-17)14-29-15-18(24-20(27)7-5-9-22(24)29)25(31)28-21-8-4-3-6-19(21)26/h5,7,9-13,15,19,21H,2-4,6,8,14H2,1H3,(H,28,31). The maximum atomic E-state index is 14.7. The van der Waals surface area contributed by atoms with Crippen LogP contribution in [0.5, 0.6) is 0 Å². The van der Waals surface area contributed by atoms with E-state index in [-0.39, 0.29) is 16.7 Å². The van der Waals surface area contributed by atoms with Crippen LogP contribution in [0.1, 0.15) is 65.3 Å². The summed E-state index contributed by atoms with van der Waals surface area (Å²) in [5.41, 5.74) is 2.39. The van der Waals surface area contributed by atoms with Gasteiger partial charge in [0.25, 0.3) is 5.91 Å². The molecule has 3 aromatic rings. The molecule has 0 bridgehead atoms. The summed E-state index contributed by atoms with van der Waals surface area (Å²) in [6.07, 6.45) is 3.74. The highest BCUT2D eigenvalue weighted by molar-refractivity contribution is 6.07. The lowest BCUT2D eigenvalue weighted by atomic mass is 9.93. The first-order chi connectivity index (χ1) is 15.0. The van der Waals surface area contributed by atoms with Crippen molar-refractivity contribution >= 4 is 22.6 Å². The Bertz CT molecular complexity index is 1100. The van der Waals surface area contributed by atoms with E-state index < -0.39 is 23.9 Å². The molecule has 162 valence electrons. The number of nitrogens with one attached hydrogen (secondary N) is 1. The first-order valence-electron chi connectivity index (χ1n) is 10.8. The number of fused-ring (bicyclic) bond motifs is 1. The van der Waals surface area contributed by atoms with E-state index in [4.69, 9.17) is 0 Å². The molecular formula is C25H26F2N2O2. The molecule has 1 fully saturated rings. The van der Waals surface area contributed by atoms with Crippen molar-refractivity contribution in [2.45, 2.75) is 57.8 Å². The van der Waals surface area contributed by atoms with Crippen LogP contribution in [-0.4, -0.2) is 28.5 Å². The van der Waals surface area contributed by atoms with E-state index in [1.165, 1.54) is 6.07 Å². The van der Waals surface area contributed by atoms with E-state index >= 15 is 0 Å². The van der Waals surface area contributed by atoms with Crippen molar-refractivity contribution in [1.82, 2.24) is 9.88 Å². The van der Waals surface area contributed by atoms with E-state index in [9.17, 15) is 18.4 Å². The smallest absolute Gasteiger partial charge is 0.253 e. The second-order valence-corrected chi connectivity index (χ2v) is 8.16. The molecule has 0 radical (unpaired) electrons. The zero-order valence-corrected chi connectivity index (χ0v) is 17.5. The summed E-state index contributed by atoms with van der Waals surface area (Å²) in [6, 6.07) is 11.5. The molecule has 2 atom stereocenters. The minimum absolute atomic E-state index is 0.0767. The fraction of sp³-hybridized carbons (Fsp3) is 0.360. The number of benzene rings is 2. The summed E-state index contributed by atoms with van der Waals surface area (Å²) >= 11 is 0. The van der Waals surface area contributed by atoms with Gasteiger partial charge in [-0.05, 0) is 30.5 Å². The van der Waals surface area contributed by atoms with E-state index in [0.29, 0.717) is 36.9 Å². The van der Waals surface area contributed by atoms with Gasteiger partial charge >= 0.3 is 0 Å². The Balaban J connectivity index is 1.63. The average Bonchev–Trinajstić information content (AvgIpc) is 3.15. The van der Waals surface area contributed by atoms with Crippen molar-refractivity contribution < 1.29 is 18.4 Å². The minimum Gasteiger partial charge on any atom is -0.346 e. The minimum atomic E-state index is -1.07. The molecule has 1 heterocycles. The molecule has 2 aromatic carbocycles. The highest BCUT2D eigenvalue weighted by atomic mass is 19.1. The SMILES string of the molecule is CCC(=O)c1ccc(Cn2cc(C(=O)NC3CCCCC3F)c3c(F)cccc32)cc1. The topological polar surface area (TPSA) is 51.1 Å². The average molecular weight is 424 g/mol. The molecule has 1 aliphatic rings. The molecule has 1 aliphatic carbocycles. The van der Waals surface area contributed by atoms with Crippen LogP contribution >= 0.6 is 0 Å². The van der Waals surface area contributed by atoms with Gasteiger partial charge < -0.3 is 9.88 Å². The second kappa shape index (κ2) is 9.00. The predicted octanol–water partition coefficient (Wildman–Crippen LogP) is 5.43. The number of carbonyl (C=O) groups is 2.